The van der Waals surface area contributed by atoms with Crippen LogP contribution in [0, 0.1) is 6.92 Å². The minimum Gasteiger partial charge on any atom is -0.388 e. The summed E-state index contributed by atoms with van der Waals surface area (Å²) in [4.78, 5) is 0. The second-order valence-corrected chi connectivity index (χ2v) is 2.62. The molecule has 1 aromatic rings. The van der Waals surface area contributed by atoms with Gasteiger partial charge in [-0.3, -0.25) is 0 Å². The molecule has 0 unspecified atom stereocenters. The van der Waals surface area contributed by atoms with Crippen molar-refractivity contribution in [3.05, 3.63) is 28.8 Å². The van der Waals surface area contributed by atoms with Crippen molar-refractivity contribution in [1.29, 1.82) is 0 Å². The molecule has 0 aliphatic heterocycles. The van der Waals surface area contributed by atoms with Crippen LogP contribution in [0.4, 0.5) is 5.69 Å². The summed E-state index contributed by atoms with van der Waals surface area (Å²) in [5, 5.41) is 3.82. The maximum Gasteiger partial charge on any atom is 0.0455 e. The number of halogens is 1. The second-order valence-electron chi connectivity index (χ2n) is 2.21. The zero-order valence-electron chi connectivity index (χ0n) is 10.1. The van der Waals surface area contributed by atoms with Crippen molar-refractivity contribution in [3.8, 4) is 0 Å². The van der Waals surface area contributed by atoms with Crippen LogP contribution in [0.2, 0.25) is 5.02 Å². The molecule has 2 heteroatoms. The van der Waals surface area contributed by atoms with E-state index in [-0.39, 0.29) is 0 Å². The topological polar surface area (TPSA) is 12.0 Å². The third kappa shape index (κ3) is 5.87. The third-order valence-corrected chi connectivity index (χ3v) is 1.87. The molecule has 0 aromatic heterocycles. The van der Waals surface area contributed by atoms with Gasteiger partial charge in [0.25, 0.3) is 0 Å². The standard InChI is InChI=1S/C8H10ClN.2C2H6/c1-6-3-4-7(10-2)5-8(6)9;2*1-2/h3-5,10H,1-2H3;2*1-2H3. The Morgan fingerprint density at radius 3 is 1.93 bits per heavy atom. The van der Waals surface area contributed by atoms with Crippen molar-refractivity contribution in [1.82, 2.24) is 0 Å². The van der Waals surface area contributed by atoms with Gasteiger partial charge in [-0.05, 0) is 24.6 Å². The van der Waals surface area contributed by atoms with E-state index in [9.17, 15) is 0 Å². The highest BCUT2D eigenvalue weighted by Gasteiger charge is 1.93. The first kappa shape index (κ1) is 15.8. The number of aryl methyl sites for hydroxylation is 1. The molecule has 0 fully saturated rings. The second kappa shape index (κ2) is 10.4. The first-order valence-electron chi connectivity index (χ1n) is 5.18. The van der Waals surface area contributed by atoms with Crippen LogP contribution in [-0.2, 0) is 0 Å². The Morgan fingerprint density at radius 2 is 1.57 bits per heavy atom. The van der Waals surface area contributed by atoms with Crippen LogP contribution < -0.4 is 5.32 Å². The van der Waals surface area contributed by atoms with Gasteiger partial charge in [0, 0.05) is 17.8 Å². The van der Waals surface area contributed by atoms with Gasteiger partial charge in [-0.15, -0.1) is 0 Å². The summed E-state index contributed by atoms with van der Waals surface area (Å²) < 4.78 is 0. The van der Waals surface area contributed by atoms with Crippen LogP contribution in [0.25, 0.3) is 0 Å². The molecule has 0 radical (unpaired) electrons. The van der Waals surface area contributed by atoms with E-state index in [2.05, 4.69) is 5.32 Å². The Hall–Kier alpha value is -0.690. The van der Waals surface area contributed by atoms with Gasteiger partial charge in [-0.25, -0.2) is 0 Å². The van der Waals surface area contributed by atoms with Crippen LogP contribution in [0.5, 0.6) is 0 Å². The summed E-state index contributed by atoms with van der Waals surface area (Å²) in [7, 11) is 1.88. The maximum absolute atomic E-state index is 5.85. The van der Waals surface area contributed by atoms with Crippen LogP contribution >= 0.6 is 11.6 Å². The van der Waals surface area contributed by atoms with E-state index in [1.54, 1.807) is 0 Å². The van der Waals surface area contributed by atoms with Crippen molar-refractivity contribution in [2.75, 3.05) is 12.4 Å². The van der Waals surface area contributed by atoms with Crippen LogP contribution in [0.15, 0.2) is 18.2 Å². The zero-order valence-corrected chi connectivity index (χ0v) is 10.9. The van der Waals surface area contributed by atoms with Crippen molar-refractivity contribution >= 4 is 17.3 Å². The molecule has 0 atom stereocenters. The van der Waals surface area contributed by atoms with Crippen LogP contribution in [-0.4, -0.2) is 7.05 Å². The fourth-order valence-electron chi connectivity index (χ4n) is 0.748. The lowest BCUT2D eigenvalue weighted by Gasteiger charge is -2.01. The molecule has 0 saturated heterocycles. The first-order chi connectivity index (χ1) is 6.74. The van der Waals surface area contributed by atoms with E-state index in [0.29, 0.717) is 0 Å². The fraction of sp³-hybridized carbons (Fsp3) is 0.500. The van der Waals surface area contributed by atoms with Crippen molar-refractivity contribution in [2.45, 2.75) is 34.6 Å². The highest BCUT2D eigenvalue weighted by Crippen LogP contribution is 2.18. The quantitative estimate of drug-likeness (QED) is 0.714. The summed E-state index contributed by atoms with van der Waals surface area (Å²) in [6.45, 7) is 9.99. The van der Waals surface area contributed by atoms with Gasteiger partial charge in [0.15, 0.2) is 0 Å². The van der Waals surface area contributed by atoms with Crippen molar-refractivity contribution in [3.63, 3.8) is 0 Å². The van der Waals surface area contributed by atoms with E-state index >= 15 is 0 Å². The van der Waals surface area contributed by atoms with E-state index in [1.807, 2.05) is 59.9 Å². The van der Waals surface area contributed by atoms with E-state index in [1.165, 1.54) is 0 Å². The summed E-state index contributed by atoms with van der Waals surface area (Å²) in [5.74, 6) is 0. The molecule has 14 heavy (non-hydrogen) atoms. The van der Waals surface area contributed by atoms with Gasteiger partial charge in [-0.2, -0.15) is 0 Å². The third-order valence-electron chi connectivity index (χ3n) is 1.46. The molecule has 1 N–H and O–H groups in total. The maximum atomic E-state index is 5.85. The predicted molar refractivity (Wildman–Crippen MR) is 68.4 cm³/mol. The summed E-state index contributed by atoms with van der Waals surface area (Å²) in [5.41, 5.74) is 2.16. The molecule has 0 aliphatic rings. The van der Waals surface area contributed by atoms with Crippen molar-refractivity contribution in [2.24, 2.45) is 0 Å². The molecule has 0 heterocycles. The summed E-state index contributed by atoms with van der Waals surface area (Å²) >= 11 is 5.85. The minimum atomic E-state index is 0.812. The molecule has 0 bridgehead atoms. The molecule has 1 rings (SSSR count). The van der Waals surface area contributed by atoms with Crippen LogP contribution in [0.3, 0.4) is 0 Å². The van der Waals surface area contributed by atoms with Crippen molar-refractivity contribution < 1.29 is 0 Å². The molecule has 0 spiro atoms. The molecule has 0 aliphatic carbocycles. The Morgan fingerprint density at radius 1 is 1.07 bits per heavy atom. The Bertz CT molecular complexity index is 234. The molecule has 1 nitrogen and oxygen atoms in total. The SMILES string of the molecule is CC.CC.CNc1ccc(C)c(Cl)c1. The number of benzene rings is 1. The normalized spacial score (nSPS) is 7.64. The number of anilines is 1. The highest BCUT2D eigenvalue weighted by molar-refractivity contribution is 6.31. The number of hydrogen-bond donors (Lipinski definition) is 1. The predicted octanol–water partition coefficient (Wildman–Crippen LogP) is 4.74. The Balaban J connectivity index is 0. The zero-order chi connectivity index (χ0) is 11.6. The lowest BCUT2D eigenvalue weighted by molar-refractivity contribution is 1.44. The van der Waals surface area contributed by atoms with E-state index in [4.69, 9.17) is 11.6 Å². The number of hydrogen-bond acceptors (Lipinski definition) is 1. The Labute approximate surface area is 93.5 Å². The molecular formula is C12H22ClN. The van der Waals surface area contributed by atoms with Gasteiger partial charge in [0.2, 0.25) is 0 Å². The van der Waals surface area contributed by atoms with Crippen LogP contribution in [0.1, 0.15) is 33.3 Å². The Kier molecular flexibility index (Phi) is 11.7. The van der Waals surface area contributed by atoms with Gasteiger partial charge in [-0.1, -0.05) is 45.4 Å². The smallest absolute Gasteiger partial charge is 0.0455 e. The van der Waals surface area contributed by atoms with Gasteiger partial charge in [0.1, 0.15) is 0 Å². The summed E-state index contributed by atoms with van der Waals surface area (Å²) in [6, 6.07) is 5.91. The largest absolute Gasteiger partial charge is 0.388 e. The number of rotatable bonds is 1. The highest BCUT2D eigenvalue weighted by atomic mass is 35.5. The average Bonchev–Trinajstić information content (AvgIpc) is 2.28. The minimum absolute atomic E-state index is 0.812. The average molecular weight is 216 g/mol. The molecule has 0 amide bonds. The molecule has 1 aromatic carbocycles. The lowest BCUT2D eigenvalue weighted by Crippen LogP contribution is -1.87. The van der Waals surface area contributed by atoms with E-state index < -0.39 is 0 Å². The summed E-state index contributed by atoms with van der Waals surface area (Å²) in [6.07, 6.45) is 0. The lowest BCUT2D eigenvalue weighted by atomic mass is 10.2. The molecule has 82 valence electrons. The van der Waals surface area contributed by atoms with Gasteiger partial charge in [0.05, 0.1) is 0 Å². The fourth-order valence-corrected chi connectivity index (χ4v) is 0.929. The van der Waals surface area contributed by atoms with Gasteiger partial charge < -0.3 is 5.32 Å². The monoisotopic (exact) mass is 215 g/mol. The van der Waals surface area contributed by atoms with Gasteiger partial charge >= 0.3 is 0 Å². The molecular weight excluding hydrogens is 194 g/mol. The first-order valence-corrected chi connectivity index (χ1v) is 5.55. The molecule has 0 saturated carbocycles. The number of nitrogens with one attached hydrogen (secondary N) is 1. The van der Waals surface area contributed by atoms with E-state index in [0.717, 1.165) is 16.3 Å².